The van der Waals surface area contributed by atoms with Crippen LogP contribution in [0.1, 0.15) is 41.5 Å². The minimum absolute atomic E-state index is 0.0218. The molecule has 1 saturated carbocycles. The Morgan fingerprint density at radius 3 is 2.43 bits per heavy atom. The summed E-state index contributed by atoms with van der Waals surface area (Å²) < 4.78 is 6.83. The lowest BCUT2D eigenvalue weighted by Gasteiger charge is -2.12. The second kappa shape index (κ2) is 8.29. The third-order valence-corrected chi connectivity index (χ3v) is 4.73. The molecule has 2 N–H and O–H groups in total. The van der Waals surface area contributed by atoms with Gasteiger partial charge >= 0.3 is 5.97 Å². The van der Waals surface area contributed by atoms with Crippen molar-refractivity contribution in [2.24, 2.45) is 5.92 Å². The van der Waals surface area contributed by atoms with E-state index in [1.54, 1.807) is 48.7 Å². The number of rotatable bonds is 7. The molecule has 0 spiro atoms. The van der Waals surface area contributed by atoms with Crippen molar-refractivity contribution in [3.63, 3.8) is 0 Å². The van der Waals surface area contributed by atoms with Crippen molar-refractivity contribution in [2.75, 3.05) is 17.2 Å². The first-order valence-corrected chi connectivity index (χ1v) is 9.43. The van der Waals surface area contributed by atoms with Gasteiger partial charge in [-0.05, 0) is 57.9 Å². The fraction of sp³-hybridized carbons (Fsp3) is 0.381. The van der Waals surface area contributed by atoms with Gasteiger partial charge in [-0.25, -0.2) is 4.79 Å². The molecule has 2 amide bonds. The summed E-state index contributed by atoms with van der Waals surface area (Å²) in [7, 11) is 0. The lowest BCUT2D eigenvalue weighted by molar-refractivity contribution is -0.117. The minimum atomic E-state index is -0.388. The number of carbonyl (C=O) groups is 3. The maximum atomic E-state index is 12.5. The van der Waals surface area contributed by atoms with E-state index in [1.807, 2.05) is 6.92 Å². The molecular weight excluding hydrogens is 358 g/mol. The Hall–Kier alpha value is -3.09. The fourth-order valence-corrected chi connectivity index (χ4v) is 3.07. The van der Waals surface area contributed by atoms with E-state index in [-0.39, 0.29) is 30.2 Å². The first-order chi connectivity index (χ1) is 13.4. The van der Waals surface area contributed by atoms with E-state index in [1.165, 1.54) is 0 Å². The highest BCUT2D eigenvalue weighted by atomic mass is 16.5. The van der Waals surface area contributed by atoms with Gasteiger partial charge in [0.15, 0.2) is 0 Å². The molecule has 7 heteroatoms. The second-order valence-electron chi connectivity index (χ2n) is 6.98. The molecule has 1 aromatic carbocycles. The number of nitrogens with zero attached hydrogens (tertiary/aromatic N) is 1. The Balaban J connectivity index is 1.66. The Morgan fingerprint density at radius 2 is 1.79 bits per heavy atom. The van der Waals surface area contributed by atoms with E-state index in [0.29, 0.717) is 29.2 Å². The van der Waals surface area contributed by atoms with Crippen LogP contribution < -0.4 is 10.6 Å². The molecule has 7 nitrogen and oxygen atoms in total. The number of hydrogen-bond acceptors (Lipinski definition) is 4. The molecule has 3 rings (SSSR count). The highest BCUT2D eigenvalue weighted by Gasteiger charge is 2.29. The highest BCUT2D eigenvalue weighted by molar-refractivity contribution is 5.96. The number of aromatic nitrogens is 1. The number of benzene rings is 1. The molecule has 148 valence electrons. The first kappa shape index (κ1) is 19.7. The van der Waals surface area contributed by atoms with Gasteiger partial charge in [0, 0.05) is 28.7 Å². The molecule has 0 saturated heterocycles. The van der Waals surface area contributed by atoms with Crippen molar-refractivity contribution in [1.29, 1.82) is 0 Å². The quantitative estimate of drug-likeness (QED) is 0.718. The highest BCUT2D eigenvalue weighted by Crippen LogP contribution is 2.30. The maximum Gasteiger partial charge on any atom is 0.339 e. The summed E-state index contributed by atoms with van der Waals surface area (Å²) in [4.78, 5) is 36.4. The zero-order valence-electron chi connectivity index (χ0n) is 16.4. The Labute approximate surface area is 164 Å². The van der Waals surface area contributed by atoms with Gasteiger partial charge in [-0.2, -0.15) is 0 Å². The minimum Gasteiger partial charge on any atom is -0.462 e. The number of esters is 1. The number of ether oxygens (including phenoxy) is 1. The Morgan fingerprint density at radius 1 is 1.11 bits per heavy atom. The number of aryl methyl sites for hydroxylation is 1. The van der Waals surface area contributed by atoms with Crippen molar-refractivity contribution in [3.8, 4) is 0 Å². The second-order valence-corrected chi connectivity index (χ2v) is 6.98. The van der Waals surface area contributed by atoms with Crippen molar-refractivity contribution in [2.45, 2.75) is 40.2 Å². The largest absolute Gasteiger partial charge is 0.462 e. The summed E-state index contributed by atoms with van der Waals surface area (Å²) >= 11 is 0. The van der Waals surface area contributed by atoms with E-state index >= 15 is 0 Å². The molecule has 28 heavy (non-hydrogen) atoms. The molecule has 0 radical (unpaired) electrons. The van der Waals surface area contributed by atoms with Crippen molar-refractivity contribution in [3.05, 3.63) is 47.3 Å². The molecule has 1 aromatic heterocycles. The number of amides is 2. The number of nitrogens with one attached hydrogen (secondary N) is 2. The van der Waals surface area contributed by atoms with Crippen LogP contribution in [0.2, 0.25) is 0 Å². The van der Waals surface area contributed by atoms with Gasteiger partial charge in [0.05, 0.1) is 12.2 Å². The molecule has 1 aliphatic carbocycles. The summed E-state index contributed by atoms with van der Waals surface area (Å²) in [5.41, 5.74) is 3.23. The molecule has 0 bridgehead atoms. The zero-order chi connectivity index (χ0) is 20.3. The molecule has 1 heterocycles. The van der Waals surface area contributed by atoms with Crippen LogP contribution in [-0.2, 0) is 20.9 Å². The van der Waals surface area contributed by atoms with Crippen LogP contribution in [0, 0.1) is 19.8 Å². The smallest absolute Gasteiger partial charge is 0.339 e. The van der Waals surface area contributed by atoms with Crippen LogP contribution in [-0.4, -0.2) is 29.0 Å². The predicted molar refractivity (Wildman–Crippen MR) is 106 cm³/mol. The predicted octanol–water partition coefficient (Wildman–Crippen LogP) is 3.27. The molecule has 1 aliphatic rings. The third kappa shape index (κ3) is 4.60. The number of carbonyl (C=O) groups excluding carboxylic acids is 3. The normalized spacial score (nSPS) is 13.1. The van der Waals surface area contributed by atoms with Crippen LogP contribution in [0.15, 0.2) is 30.3 Å². The van der Waals surface area contributed by atoms with E-state index in [4.69, 9.17) is 4.74 Å². The SMILES string of the molecule is CCOC(=O)c1cc(C)n(CC(=O)Nc2cccc(NC(=O)C3CC3)c2)c1C. The summed E-state index contributed by atoms with van der Waals surface area (Å²) in [6, 6.07) is 8.81. The van der Waals surface area contributed by atoms with Crippen molar-refractivity contribution < 1.29 is 19.1 Å². The standard InChI is InChI=1S/C21H25N3O4/c1-4-28-21(27)18-10-13(2)24(14(18)3)12-19(25)22-16-6-5-7-17(11-16)23-20(26)15-8-9-15/h5-7,10-11,15H,4,8-9,12H2,1-3H3,(H,22,25)(H,23,26). The van der Waals surface area contributed by atoms with Gasteiger partial charge in [0.25, 0.3) is 0 Å². The van der Waals surface area contributed by atoms with E-state index in [9.17, 15) is 14.4 Å². The Kier molecular flexibility index (Phi) is 5.82. The third-order valence-electron chi connectivity index (χ3n) is 4.73. The Bertz CT molecular complexity index is 912. The van der Waals surface area contributed by atoms with Crippen LogP contribution >= 0.6 is 0 Å². The summed E-state index contributed by atoms with van der Waals surface area (Å²) in [6.07, 6.45) is 1.87. The van der Waals surface area contributed by atoms with Crippen molar-refractivity contribution >= 4 is 29.2 Å². The summed E-state index contributed by atoms with van der Waals surface area (Å²) in [5.74, 6) is -0.468. The topological polar surface area (TPSA) is 89.4 Å². The number of anilines is 2. The monoisotopic (exact) mass is 383 g/mol. The first-order valence-electron chi connectivity index (χ1n) is 9.43. The number of hydrogen-bond donors (Lipinski definition) is 2. The maximum absolute atomic E-state index is 12.5. The average molecular weight is 383 g/mol. The zero-order valence-corrected chi connectivity index (χ0v) is 16.4. The molecule has 2 aromatic rings. The van der Waals surface area contributed by atoms with Crippen LogP contribution in [0.4, 0.5) is 11.4 Å². The van der Waals surface area contributed by atoms with Gasteiger partial charge in [0.1, 0.15) is 6.54 Å². The van der Waals surface area contributed by atoms with Gasteiger partial charge < -0.3 is 19.9 Å². The lowest BCUT2D eigenvalue weighted by atomic mass is 10.2. The van der Waals surface area contributed by atoms with Crippen LogP contribution in [0.3, 0.4) is 0 Å². The van der Waals surface area contributed by atoms with Gasteiger partial charge in [-0.1, -0.05) is 6.07 Å². The van der Waals surface area contributed by atoms with Crippen LogP contribution in [0.5, 0.6) is 0 Å². The van der Waals surface area contributed by atoms with Gasteiger partial charge in [-0.3, -0.25) is 9.59 Å². The molecule has 0 atom stereocenters. The van der Waals surface area contributed by atoms with E-state index < -0.39 is 0 Å². The molecule has 0 aliphatic heterocycles. The van der Waals surface area contributed by atoms with Crippen LogP contribution in [0.25, 0.3) is 0 Å². The van der Waals surface area contributed by atoms with Gasteiger partial charge in [0.2, 0.25) is 11.8 Å². The van der Waals surface area contributed by atoms with Gasteiger partial charge in [-0.15, -0.1) is 0 Å². The lowest BCUT2D eigenvalue weighted by Crippen LogP contribution is -2.20. The van der Waals surface area contributed by atoms with E-state index in [2.05, 4.69) is 10.6 Å². The molecular formula is C21H25N3O4. The summed E-state index contributed by atoms with van der Waals surface area (Å²) in [6.45, 7) is 5.77. The fourth-order valence-electron chi connectivity index (χ4n) is 3.07. The molecule has 0 unspecified atom stereocenters. The van der Waals surface area contributed by atoms with E-state index in [0.717, 1.165) is 18.5 Å². The average Bonchev–Trinajstić information content (AvgIpc) is 3.45. The van der Waals surface area contributed by atoms with Crippen molar-refractivity contribution in [1.82, 2.24) is 4.57 Å². The molecule has 1 fully saturated rings. The summed E-state index contributed by atoms with van der Waals surface area (Å²) in [5, 5.41) is 5.71.